The lowest BCUT2D eigenvalue weighted by molar-refractivity contribution is -0.135. The highest BCUT2D eigenvalue weighted by atomic mass is 35.5. The molecular formula is C20H22ClNO5. The van der Waals surface area contributed by atoms with Gasteiger partial charge in [-0.2, -0.15) is 0 Å². The Balaban J connectivity index is 1.79. The molecular weight excluding hydrogens is 370 g/mol. The number of Topliss-reactive ketones (excluding diaryl/α,β-unsaturated/α-hetero) is 1. The monoisotopic (exact) mass is 391 g/mol. The van der Waals surface area contributed by atoms with Gasteiger partial charge in [-0.3, -0.25) is 9.59 Å². The number of nitrogens with zero attached hydrogens (tertiary/aromatic N) is 1. The van der Waals surface area contributed by atoms with Crippen LogP contribution in [0.1, 0.15) is 30.9 Å². The zero-order chi connectivity index (χ0) is 19.1. The van der Waals surface area contributed by atoms with Crippen molar-refractivity contribution in [3.63, 3.8) is 0 Å². The largest absolute Gasteiger partial charge is 0.497 e. The minimum Gasteiger partial charge on any atom is -0.497 e. The van der Waals surface area contributed by atoms with Gasteiger partial charge in [0.05, 0.1) is 31.2 Å². The lowest BCUT2D eigenvalue weighted by atomic mass is 9.77. The maximum Gasteiger partial charge on any atom is 0.290 e. The number of carbonyl (C=O) groups excluding carboxylic acids is 2. The second-order valence-electron chi connectivity index (χ2n) is 7.18. The first-order chi connectivity index (χ1) is 13.0. The van der Waals surface area contributed by atoms with Crippen molar-refractivity contribution in [3.05, 3.63) is 41.2 Å². The number of β-amino-alcohol motifs (C(OH)–C–C–N with tert-alkyl or cyclic N) is 1. The number of benzene rings is 1. The van der Waals surface area contributed by atoms with E-state index in [0.29, 0.717) is 24.2 Å². The predicted molar refractivity (Wildman–Crippen MR) is 98.4 cm³/mol. The third-order valence-corrected chi connectivity index (χ3v) is 6.03. The van der Waals surface area contributed by atoms with Crippen molar-refractivity contribution >= 4 is 23.3 Å². The second kappa shape index (κ2) is 7.17. The summed E-state index contributed by atoms with van der Waals surface area (Å²) >= 11 is 6.29. The Kier molecular flexibility index (Phi) is 4.86. The number of ketones is 1. The van der Waals surface area contributed by atoms with E-state index in [-0.39, 0.29) is 48.0 Å². The first kappa shape index (κ1) is 18.3. The number of aliphatic hydroxyl groups excluding tert-OH is 1. The molecule has 4 rings (SSSR count). The van der Waals surface area contributed by atoms with Crippen LogP contribution in [0.15, 0.2) is 35.6 Å². The highest BCUT2D eigenvalue weighted by Gasteiger charge is 2.52. The van der Waals surface area contributed by atoms with Crippen molar-refractivity contribution in [1.82, 2.24) is 4.90 Å². The molecule has 0 radical (unpaired) electrons. The van der Waals surface area contributed by atoms with Crippen LogP contribution in [-0.2, 0) is 14.3 Å². The Morgan fingerprint density at radius 1 is 1.33 bits per heavy atom. The van der Waals surface area contributed by atoms with Gasteiger partial charge < -0.3 is 19.5 Å². The molecule has 144 valence electrons. The van der Waals surface area contributed by atoms with Crippen molar-refractivity contribution in [1.29, 1.82) is 0 Å². The van der Waals surface area contributed by atoms with Gasteiger partial charge in [-0.25, -0.2) is 0 Å². The zero-order valence-electron chi connectivity index (χ0n) is 15.1. The molecule has 1 aromatic rings. The molecule has 4 unspecified atom stereocenters. The number of rotatable bonds is 4. The molecule has 1 N–H and O–H groups in total. The van der Waals surface area contributed by atoms with Gasteiger partial charge in [0.15, 0.2) is 11.5 Å². The van der Waals surface area contributed by atoms with Gasteiger partial charge in [0, 0.05) is 11.9 Å². The summed E-state index contributed by atoms with van der Waals surface area (Å²) in [6.45, 7) is -0.0740. The Bertz CT molecular complexity index is 807. The second-order valence-corrected chi connectivity index (χ2v) is 7.80. The summed E-state index contributed by atoms with van der Waals surface area (Å²) in [5, 5.41) is 9.42. The van der Waals surface area contributed by atoms with Crippen LogP contribution < -0.4 is 4.74 Å². The van der Waals surface area contributed by atoms with Crippen molar-refractivity contribution in [2.45, 2.75) is 36.8 Å². The summed E-state index contributed by atoms with van der Waals surface area (Å²) in [5.74, 6) is 0.0453. The molecule has 0 saturated heterocycles. The zero-order valence-corrected chi connectivity index (χ0v) is 15.8. The van der Waals surface area contributed by atoms with Crippen molar-refractivity contribution in [3.8, 4) is 5.75 Å². The van der Waals surface area contributed by atoms with E-state index < -0.39 is 6.04 Å². The fraction of sp³-hybridized carbons (Fsp3) is 0.500. The van der Waals surface area contributed by atoms with Crippen molar-refractivity contribution in [2.24, 2.45) is 5.92 Å². The molecule has 0 bridgehead atoms. The van der Waals surface area contributed by atoms with Gasteiger partial charge in [0.25, 0.3) is 5.91 Å². The molecule has 1 fully saturated rings. The Labute approximate surface area is 162 Å². The number of ether oxygens (including phenoxy) is 2. The number of hydrogen-bond donors (Lipinski definition) is 1. The lowest BCUT2D eigenvalue weighted by Gasteiger charge is -2.37. The number of fused-ring (bicyclic) bond motifs is 1. The van der Waals surface area contributed by atoms with Crippen LogP contribution in [0.4, 0.5) is 0 Å². The first-order valence-electron chi connectivity index (χ1n) is 9.20. The predicted octanol–water partition coefficient (Wildman–Crippen LogP) is 2.20. The molecule has 2 heterocycles. The van der Waals surface area contributed by atoms with E-state index in [1.807, 2.05) is 18.2 Å². The van der Waals surface area contributed by atoms with E-state index in [1.54, 1.807) is 13.2 Å². The summed E-state index contributed by atoms with van der Waals surface area (Å²) in [7, 11) is 1.57. The van der Waals surface area contributed by atoms with Crippen molar-refractivity contribution in [2.75, 3.05) is 20.3 Å². The standard InChI is InChI=1S/C20H22ClNO5/c1-26-13-4-2-3-11(9-13)17-16-18(24)14-10-12(21)5-6-15(14)27-19(16)20(25)22(17)7-8-23/h2-4,9,12,14-15,17,23H,5-8,10H2,1H3. The molecule has 3 aliphatic rings. The van der Waals surface area contributed by atoms with Crippen LogP contribution in [0, 0.1) is 5.92 Å². The topological polar surface area (TPSA) is 76.1 Å². The SMILES string of the molecule is COc1cccc(C2C3=C(OC4CCC(Cl)CC4C3=O)C(=O)N2CCO)c1. The van der Waals surface area contributed by atoms with Gasteiger partial charge >= 0.3 is 0 Å². The maximum atomic E-state index is 13.4. The maximum absolute atomic E-state index is 13.4. The lowest BCUT2D eigenvalue weighted by Crippen LogP contribution is -2.41. The van der Waals surface area contributed by atoms with E-state index in [2.05, 4.69) is 0 Å². The highest BCUT2D eigenvalue weighted by molar-refractivity contribution is 6.21. The fourth-order valence-electron chi connectivity index (χ4n) is 4.36. The summed E-state index contributed by atoms with van der Waals surface area (Å²) < 4.78 is 11.3. The minimum absolute atomic E-state index is 0.0538. The van der Waals surface area contributed by atoms with E-state index in [0.717, 1.165) is 12.0 Å². The van der Waals surface area contributed by atoms with E-state index >= 15 is 0 Å². The third-order valence-electron chi connectivity index (χ3n) is 5.63. The van der Waals surface area contributed by atoms with E-state index in [1.165, 1.54) is 4.90 Å². The van der Waals surface area contributed by atoms with Gasteiger partial charge in [0.2, 0.25) is 0 Å². The smallest absolute Gasteiger partial charge is 0.290 e. The van der Waals surface area contributed by atoms with E-state index in [4.69, 9.17) is 21.1 Å². The number of aliphatic hydroxyl groups is 1. The normalized spacial score (nSPS) is 30.1. The van der Waals surface area contributed by atoms with Gasteiger partial charge in [-0.15, -0.1) is 11.6 Å². The van der Waals surface area contributed by atoms with Crippen LogP contribution in [-0.4, -0.2) is 53.4 Å². The first-order valence-corrected chi connectivity index (χ1v) is 9.63. The highest BCUT2D eigenvalue weighted by Crippen LogP contribution is 2.47. The molecule has 0 spiro atoms. The molecule has 1 aromatic carbocycles. The molecule has 1 amide bonds. The van der Waals surface area contributed by atoms with Gasteiger partial charge in [-0.05, 0) is 37.0 Å². The van der Waals surface area contributed by atoms with Crippen LogP contribution in [0.5, 0.6) is 5.75 Å². The molecule has 4 atom stereocenters. The van der Waals surface area contributed by atoms with Crippen LogP contribution >= 0.6 is 11.6 Å². The molecule has 1 aliphatic carbocycles. The number of amides is 1. The summed E-state index contributed by atoms with van der Waals surface area (Å²) in [4.78, 5) is 27.8. The number of alkyl halides is 1. The van der Waals surface area contributed by atoms with Crippen molar-refractivity contribution < 1.29 is 24.2 Å². The van der Waals surface area contributed by atoms with Gasteiger partial charge in [-0.1, -0.05) is 12.1 Å². The quantitative estimate of drug-likeness (QED) is 0.796. The fourth-order valence-corrected chi connectivity index (χ4v) is 4.68. The number of methoxy groups -OCH3 is 1. The summed E-state index contributed by atoms with van der Waals surface area (Å²) in [5.41, 5.74) is 1.14. The van der Waals surface area contributed by atoms with Crippen LogP contribution in [0.3, 0.4) is 0 Å². The number of halogens is 1. The average Bonchev–Trinajstić information content (AvgIpc) is 2.95. The molecule has 7 heteroatoms. The Morgan fingerprint density at radius 3 is 2.89 bits per heavy atom. The summed E-state index contributed by atoms with van der Waals surface area (Å²) in [6.07, 6.45) is 1.70. The molecule has 0 aromatic heterocycles. The van der Waals surface area contributed by atoms with Crippen LogP contribution in [0.2, 0.25) is 0 Å². The summed E-state index contributed by atoms with van der Waals surface area (Å²) in [6, 6.07) is 6.70. The molecule has 1 saturated carbocycles. The number of carbonyl (C=O) groups is 2. The van der Waals surface area contributed by atoms with Gasteiger partial charge in [0.1, 0.15) is 11.9 Å². The Hall–Kier alpha value is -2.05. The molecule has 6 nitrogen and oxygen atoms in total. The van der Waals surface area contributed by atoms with Crippen LogP contribution in [0.25, 0.3) is 0 Å². The Morgan fingerprint density at radius 2 is 2.15 bits per heavy atom. The average molecular weight is 392 g/mol. The number of hydrogen-bond acceptors (Lipinski definition) is 5. The third kappa shape index (κ3) is 3.01. The van der Waals surface area contributed by atoms with E-state index in [9.17, 15) is 14.7 Å². The molecule has 27 heavy (non-hydrogen) atoms. The molecule has 2 aliphatic heterocycles. The minimum atomic E-state index is -0.584.